The molecule has 19 heavy (non-hydrogen) atoms. The monoisotopic (exact) mass is 300 g/mol. The van der Waals surface area contributed by atoms with Crippen molar-refractivity contribution in [3.63, 3.8) is 0 Å². The number of hydrazine groups is 1. The van der Waals surface area contributed by atoms with Gasteiger partial charge in [0.15, 0.2) is 0 Å². The summed E-state index contributed by atoms with van der Waals surface area (Å²) in [5.41, 5.74) is 4.78. The van der Waals surface area contributed by atoms with Gasteiger partial charge in [-0.3, -0.25) is 5.43 Å². The van der Waals surface area contributed by atoms with E-state index in [2.05, 4.69) is 25.1 Å². The summed E-state index contributed by atoms with van der Waals surface area (Å²) in [4.78, 5) is 11.5. The molecule has 0 aliphatic rings. The van der Waals surface area contributed by atoms with Crippen molar-refractivity contribution in [3.8, 4) is 0 Å². The zero-order valence-electron chi connectivity index (χ0n) is 9.78. The molecule has 2 rings (SSSR count). The first-order chi connectivity index (χ1) is 9.12. The van der Waals surface area contributed by atoms with Crippen LogP contribution >= 0.6 is 11.3 Å². The molecule has 2 heterocycles. The van der Waals surface area contributed by atoms with Gasteiger partial charge < -0.3 is 0 Å². The quantitative estimate of drug-likeness (QED) is 0.496. The van der Waals surface area contributed by atoms with Crippen LogP contribution in [0.2, 0.25) is 0 Å². The second kappa shape index (κ2) is 6.02. The number of hydrogen-bond acceptors (Lipinski definition) is 8. The van der Waals surface area contributed by atoms with E-state index in [0.717, 1.165) is 5.69 Å². The van der Waals surface area contributed by atoms with Crippen molar-refractivity contribution in [1.29, 1.82) is 0 Å². The normalized spacial score (nSPS) is 11.4. The fourth-order valence-corrected chi connectivity index (χ4v) is 2.80. The zero-order valence-corrected chi connectivity index (χ0v) is 11.4. The highest BCUT2D eigenvalue weighted by molar-refractivity contribution is 7.89. The van der Waals surface area contributed by atoms with Gasteiger partial charge in [-0.15, -0.1) is 11.3 Å². The molecule has 0 atom stereocenters. The summed E-state index contributed by atoms with van der Waals surface area (Å²) in [6.45, 7) is 0.267. The summed E-state index contributed by atoms with van der Waals surface area (Å²) >= 11 is 1.47. The number of thiazole rings is 1. The van der Waals surface area contributed by atoms with Gasteiger partial charge in [0.25, 0.3) is 0 Å². The van der Waals surface area contributed by atoms with Crippen LogP contribution in [0.15, 0.2) is 28.2 Å². The van der Waals surface area contributed by atoms with E-state index < -0.39 is 10.0 Å². The number of nitrogens with zero attached hydrogens (tertiary/aromatic N) is 3. The number of nitrogens with two attached hydrogens (primary N) is 1. The first-order valence-electron chi connectivity index (χ1n) is 5.27. The third kappa shape index (κ3) is 3.67. The molecule has 0 aliphatic heterocycles. The maximum Gasteiger partial charge on any atom is 0.243 e. The molecule has 0 spiro atoms. The number of nitrogen functional groups attached to an aromatic ring is 1. The van der Waals surface area contributed by atoms with Gasteiger partial charge in [-0.2, -0.15) is 0 Å². The summed E-state index contributed by atoms with van der Waals surface area (Å²) in [6, 6.07) is 0. The molecule has 0 amide bonds. The first kappa shape index (κ1) is 13.8. The van der Waals surface area contributed by atoms with Crippen LogP contribution in [0.5, 0.6) is 0 Å². The van der Waals surface area contributed by atoms with E-state index in [1.165, 1.54) is 23.7 Å². The molecule has 0 aliphatic carbocycles. The smallest absolute Gasteiger partial charge is 0.243 e. The predicted octanol–water partition coefficient (Wildman–Crippen LogP) is -0.260. The number of nitrogens with one attached hydrogen (secondary N) is 2. The Labute approximate surface area is 114 Å². The molecule has 10 heteroatoms. The van der Waals surface area contributed by atoms with Gasteiger partial charge in [0.2, 0.25) is 16.0 Å². The van der Waals surface area contributed by atoms with Gasteiger partial charge >= 0.3 is 0 Å². The summed E-state index contributed by atoms with van der Waals surface area (Å²) in [5.74, 6) is 5.25. The lowest BCUT2D eigenvalue weighted by atomic mass is 10.3. The number of aromatic nitrogens is 3. The van der Waals surface area contributed by atoms with Crippen LogP contribution in [0.4, 0.5) is 5.95 Å². The van der Waals surface area contributed by atoms with Gasteiger partial charge in [-0.05, 0) is 0 Å². The van der Waals surface area contributed by atoms with Crippen LogP contribution in [0, 0.1) is 0 Å². The van der Waals surface area contributed by atoms with Gasteiger partial charge in [0.1, 0.15) is 4.90 Å². The summed E-state index contributed by atoms with van der Waals surface area (Å²) in [5, 5.41) is 1.87. The average molecular weight is 300 g/mol. The minimum absolute atomic E-state index is 0.00946. The first-order valence-corrected chi connectivity index (χ1v) is 7.70. The van der Waals surface area contributed by atoms with E-state index in [9.17, 15) is 8.42 Å². The van der Waals surface area contributed by atoms with Gasteiger partial charge in [0.05, 0.1) is 23.6 Å². The molecule has 0 aromatic carbocycles. The Morgan fingerprint density at radius 2 is 2.00 bits per heavy atom. The van der Waals surface area contributed by atoms with Crippen molar-refractivity contribution >= 4 is 27.3 Å². The van der Waals surface area contributed by atoms with E-state index >= 15 is 0 Å². The third-order valence-electron chi connectivity index (χ3n) is 2.22. The van der Waals surface area contributed by atoms with Crippen molar-refractivity contribution in [2.24, 2.45) is 5.84 Å². The number of hydrogen-bond donors (Lipinski definition) is 3. The predicted molar refractivity (Wildman–Crippen MR) is 70.8 cm³/mol. The van der Waals surface area contributed by atoms with Crippen molar-refractivity contribution < 1.29 is 8.42 Å². The van der Waals surface area contributed by atoms with Crippen molar-refractivity contribution in [1.82, 2.24) is 19.7 Å². The number of sulfonamides is 1. The van der Waals surface area contributed by atoms with Crippen LogP contribution in [0.3, 0.4) is 0 Å². The topological polar surface area (TPSA) is 123 Å². The van der Waals surface area contributed by atoms with E-state index in [4.69, 9.17) is 5.84 Å². The van der Waals surface area contributed by atoms with Crippen LogP contribution < -0.4 is 16.0 Å². The second-order valence-corrected chi connectivity index (χ2v) is 6.00. The fraction of sp³-hybridized carbons (Fsp3) is 0.222. The van der Waals surface area contributed by atoms with Gasteiger partial charge in [-0.1, -0.05) is 0 Å². The summed E-state index contributed by atoms with van der Waals surface area (Å²) < 4.78 is 26.3. The minimum atomic E-state index is -3.61. The Kier molecular flexibility index (Phi) is 4.37. The molecule has 2 aromatic heterocycles. The number of rotatable bonds is 6. The molecule has 0 unspecified atom stereocenters. The highest BCUT2D eigenvalue weighted by Gasteiger charge is 2.14. The van der Waals surface area contributed by atoms with E-state index in [0.29, 0.717) is 6.42 Å². The Balaban J connectivity index is 1.97. The highest BCUT2D eigenvalue weighted by atomic mass is 32.2. The average Bonchev–Trinajstić information content (AvgIpc) is 2.92. The standard InChI is InChI=1S/C9H12N6O2S2/c10-15-9-11-3-8(4-12-9)19(16,17)14-2-1-7-5-18-6-13-7/h3-6,14H,1-2,10H2,(H,11,12,15). The molecule has 0 bridgehead atoms. The maximum absolute atomic E-state index is 11.9. The van der Waals surface area contributed by atoms with Crippen LogP contribution in [-0.4, -0.2) is 29.9 Å². The minimum Gasteiger partial charge on any atom is -0.292 e. The molecular formula is C9H12N6O2S2. The lowest BCUT2D eigenvalue weighted by Crippen LogP contribution is -2.26. The molecular weight excluding hydrogens is 288 g/mol. The Morgan fingerprint density at radius 1 is 1.26 bits per heavy atom. The second-order valence-electron chi connectivity index (χ2n) is 3.51. The Bertz CT molecular complexity index is 611. The van der Waals surface area contributed by atoms with E-state index in [1.807, 2.05) is 5.38 Å². The Morgan fingerprint density at radius 3 is 2.58 bits per heavy atom. The van der Waals surface area contributed by atoms with Crippen LogP contribution in [0.25, 0.3) is 0 Å². The lowest BCUT2D eigenvalue weighted by molar-refractivity contribution is 0.580. The van der Waals surface area contributed by atoms with Gasteiger partial charge in [0, 0.05) is 18.3 Å². The lowest BCUT2D eigenvalue weighted by Gasteiger charge is -2.05. The molecule has 0 saturated carbocycles. The summed E-state index contributed by atoms with van der Waals surface area (Å²) in [6.07, 6.45) is 2.91. The van der Waals surface area contributed by atoms with E-state index in [-0.39, 0.29) is 17.4 Å². The summed E-state index contributed by atoms with van der Waals surface area (Å²) in [7, 11) is -3.61. The fourth-order valence-electron chi connectivity index (χ4n) is 1.29. The van der Waals surface area contributed by atoms with Crippen LogP contribution in [-0.2, 0) is 16.4 Å². The molecule has 102 valence electrons. The SMILES string of the molecule is NNc1ncc(S(=O)(=O)NCCc2cscn2)cn1. The van der Waals surface area contributed by atoms with Gasteiger partial charge in [-0.25, -0.2) is 33.9 Å². The van der Waals surface area contributed by atoms with Crippen molar-refractivity contribution in [2.45, 2.75) is 11.3 Å². The molecule has 0 saturated heterocycles. The molecule has 8 nitrogen and oxygen atoms in total. The molecule has 2 aromatic rings. The van der Waals surface area contributed by atoms with Crippen molar-refractivity contribution in [2.75, 3.05) is 12.0 Å². The molecule has 0 radical (unpaired) electrons. The molecule has 4 N–H and O–H groups in total. The molecule has 0 fully saturated rings. The van der Waals surface area contributed by atoms with Crippen molar-refractivity contribution in [3.05, 3.63) is 29.0 Å². The third-order valence-corrected chi connectivity index (χ3v) is 4.28. The van der Waals surface area contributed by atoms with Crippen LogP contribution in [0.1, 0.15) is 5.69 Å². The zero-order chi connectivity index (χ0) is 13.7. The van der Waals surface area contributed by atoms with E-state index in [1.54, 1.807) is 5.51 Å². The number of anilines is 1. The highest BCUT2D eigenvalue weighted by Crippen LogP contribution is 2.07. The Hall–Kier alpha value is -1.62. The largest absolute Gasteiger partial charge is 0.292 e. The maximum atomic E-state index is 11.9.